The van der Waals surface area contributed by atoms with E-state index in [0.717, 1.165) is 12.0 Å². The Morgan fingerprint density at radius 3 is 3.12 bits per heavy atom. The van der Waals surface area contributed by atoms with Crippen molar-refractivity contribution in [2.24, 2.45) is 0 Å². The number of halogens is 1. The van der Waals surface area contributed by atoms with Crippen molar-refractivity contribution in [3.05, 3.63) is 28.8 Å². The molecule has 1 unspecified atom stereocenters. The third-order valence-corrected chi connectivity index (χ3v) is 2.91. The van der Waals surface area contributed by atoms with Gasteiger partial charge < -0.3 is 9.64 Å². The number of aldehydes is 1. The summed E-state index contributed by atoms with van der Waals surface area (Å²) in [6.07, 6.45) is 0.338. The zero-order chi connectivity index (χ0) is 12.3. The van der Waals surface area contributed by atoms with Gasteiger partial charge in [0.15, 0.2) is 12.4 Å². The van der Waals surface area contributed by atoms with Gasteiger partial charge in [-0.3, -0.25) is 4.79 Å². The number of nitrogens with zero attached hydrogens (tertiary/aromatic N) is 2. The number of hydrogen-bond acceptors (Lipinski definition) is 4. The van der Waals surface area contributed by atoms with Gasteiger partial charge in [-0.15, -0.1) is 0 Å². The Morgan fingerprint density at radius 1 is 1.59 bits per heavy atom. The molecule has 4 nitrogen and oxygen atoms in total. The summed E-state index contributed by atoms with van der Waals surface area (Å²) in [5.74, 6) is 0. The van der Waals surface area contributed by atoms with Crippen molar-refractivity contribution in [1.29, 1.82) is 5.26 Å². The summed E-state index contributed by atoms with van der Waals surface area (Å²) in [7, 11) is 0. The van der Waals surface area contributed by atoms with Crippen LogP contribution in [0.4, 0.5) is 5.69 Å². The Kier molecular flexibility index (Phi) is 3.62. The molecule has 0 spiro atoms. The molecule has 0 amide bonds. The molecule has 0 radical (unpaired) electrons. The Balaban J connectivity index is 2.29. The average molecular weight is 251 g/mol. The van der Waals surface area contributed by atoms with Crippen LogP contribution in [0, 0.1) is 11.3 Å². The maximum atomic E-state index is 11.0. The molecule has 0 N–H and O–H groups in total. The lowest BCUT2D eigenvalue weighted by molar-refractivity contribution is 0.0763. The highest BCUT2D eigenvalue weighted by atomic mass is 35.5. The van der Waals surface area contributed by atoms with Crippen LogP contribution in [0.25, 0.3) is 0 Å². The first-order valence-corrected chi connectivity index (χ1v) is 5.63. The van der Waals surface area contributed by atoms with Gasteiger partial charge in [-0.2, -0.15) is 5.26 Å². The highest BCUT2D eigenvalue weighted by molar-refractivity contribution is 6.31. The van der Waals surface area contributed by atoms with E-state index < -0.39 is 6.10 Å². The first-order chi connectivity index (χ1) is 8.24. The lowest BCUT2D eigenvalue weighted by atomic mass is 10.1. The van der Waals surface area contributed by atoms with Crippen molar-refractivity contribution >= 4 is 23.6 Å². The third kappa shape index (κ3) is 2.57. The van der Waals surface area contributed by atoms with E-state index in [0.29, 0.717) is 30.3 Å². The minimum Gasteiger partial charge on any atom is -0.365 e. The van der Waals surface area contributed by atoms with Crippen LogP contribution in [0.2, 0.25) is 5.02 Å². The topological polar surface area (TPSA) is 53.3 Å². The number of ether oxygens (including phenoxy) is 1. The molecule has 5 heteroatoms. The van der Waals surface area contributed by atoms with Gasteiger partial charge in [0.1, 0.15) is 0 Å². The highest BCUT2D eigenvalue weighted by Crippen LogP contribution is 2.25. The monoisotopic (exact) mass is 250 g/mol. The summed E-state index contributed by atoms with van der Waals surface area (Å²) >= 11 is 5.92. The summed E-state index contributed by atoms with van der Waals surface area (Å²) < 4.78 is 5.26. The number of rotatable bonds is 2. The maximum absolute atomic E-state index is 11.0. The molecule has 2 rings (SSSR count). The molecule has 0 aliphatic carbocycles. The van der Waals surface area contributed by atoms with Gasteiger partial charge in [0.25, 0.3) is 0 Å². The van der Waals surface area contributed by atoms with Crippen molar-refractivity contribution in [3.63, 3.8) is 0 Å². The Hall–Kier alpha value is -1.57. The van der Waals surface area contributed by atoms with Crippen LogP contribution in [-0.4, -0.2) is 32.1 Å². The standard InChI is InChI=1S/C12H11ClN2O2/c13-10-2-1-9(8-16)12(5-10)15-3-4-17-11(6-14)7-15/h1-2,5,8,11H,3-4,7H2. The van der Waals surface area contributed by atoms with Crippen molar-refractivity contribution < 1.29 is 9.53 Å². The van der Waals surface area contributed by atoms with Crippen LogP contribution >= 0.6 is 11.6 Å². The SMILES string of the molecule is N#CC1CN(c2cc(Cl)ccc2C=O)CCO1. The van der Waals surface area contributed by atoms with E-state index in [-0.39, 0.29) is 0 Å². The van der Waals surface area contributed by atoms with Crippen molar-refractivity contribution in [2.45, 2.75) is 6.10 Å². The van der Waals surface area contributed by atoms with Crippen molar-refractivity contribution in [3.8, 4) is 6.07 Å². The molecule has 88 valence electrons. The summed E-state index contributed by atoms with van der Waals surface area (Å²) in [6.45, 7) is 1.58. The first-order valence-electron chi connectivity index (χ1n) is 5.25. The van der Waals surface area contributed by atoms with Crippen LogP contribution in [0.15, 0.2) is 18.2 Å². The molecule has 1 aliphatic rings. The molecule has 0 bridgehead atoms. The first kappa shape index (κ1) is 11.9. The molecule has 1 aromatic rings. The number of carbonyl (C=O) groups is 1. The molecule has 0 saturated carbocycles. The van der Waals surface area contributed by atoms with Gasteiger partial charge in [-0.05, 0) is 18.2 Å². The molecule has 1 heterocycles. The lowest BCUT2D eigenvalue weighted by Gasteiger charge is -2.32. The summed E-state index contributed by atoms with van der Waals surface area (Å²) in [6, 6.07) is 7.17. The molecular weight excluding hydrogens is 240 g/mol. The van der Waals surface area contributed by atoms with E-state index in [1.165, 1.54) is 0 Å². The molecule has 1 aromatic carbocycles. The fraction of sp³-hybridized carbons (Fsp3) is 0.333. The fourth-order valence-corrected chi connectivity index (χ4v) is 2.00. The predicted octanol–water partition coefficient (Wildman–Crippen LogP) is 1.88. The number of nitriles is 1. The van der Waals surface area contributed by atoms with E-state index >= 15 is 0 Å². The van der Waals surface area contributed by atoms with E-state index in [2.05, 4.69) is 6.07 Å². The van der Waals surface area contributed by atoms with Gasteiger partial charge in [0, 0.05) is 22.8 Å². The molecule has 1 fully saturated rings. The Labute approximate surface area is 104 Å². The number of anilines is 1. The predicted molar refractivity (Wildman–Crippen MR) is 64.4 cm³/mol. The van der Waals surface area contributed by atoms with Gasteiger partial charge in [-0.1, -0.05) is 11.6 Å². The summed E-state index contributed by atoms with van der Waals surface area (Å²) in [5.41, 5.74) is 1.34. The normalized spacial score (nSPS) is 19.8. The molecule has 1 atom stereocenters. The lowest BCUT2D eigenvalue weighted by Crippen LogP contribution is -2.42. The van der Waals surface area contributed by atoms with E-state index in [9.17, 15) is 4.79 Å². The fourth-order valence-electron chi connectivity index (χ4n) is 1.84. The average Bonchev–Trinajstić information content (AvgIpc) is 2.39. The number of hydrogen-bond donors (Lipinski definition) is 0. The molecule has 0 aromatic heterocycles. The number of morpholine rings is 1. The summed E-state index contributed by atoms with van der Waals surface area (Å²) in [5, 5.41) is 9.41. The van der Waals surface area contributed by atoms with E-state index in [4.69, 9.17) is 21.6 Å². The molecule has 1 saturated heterocycles. The van der Waals surface area contributed by atoms with E-state index in [1.54, 1.807) is 18.2 Å². The van der Waals surface area contributed by atoms with Crippen LogP contribution in [-0.2, 0) is 4.74 Å². The second kappa shape index (κ2) is 5.17. The molecule has 1 aliphatic heterocycles. The third-order valence-electron chi connectivity index (χ3n) is 2.67. The zero-order valence-electron chi connectivity index (χ0n) is 9.10. The van der Waals surface area contributed by atoms with Crippen LogP contribution in [0.1, 0.15) is 10.4 Å². The largest absolute Gasteiger partial charge is 0.365 e. The molecular formula is C12H11ClN2O2. The van der Waals surface area contributed by atoms with Gasteiger partial charge in [-0.25, -0.2) is 0 Å². The Bertz CT molecular complexity index is 470. The minimum atomic E-state index is -0.456. The number of carbonyl (C=O) groups excluding carboxylic acids is 1. The van der Waals surface area contributed by atoms with Crippen molar-refractivity contribution in [1.82, 2.24) is 0 Å². The van der Waals surface area contributed by atoms with E-state index in [1.807, 2.05) is 4.90 Å². The zero-order valence-corrected chi connectivity index (χ0v) is 9.85. The van der Waals surface area contributed by atoms with Crippen LogP contribution in [0.3, 0.4) is 0 Å². The Morgan fingerprint density at radius 2 is 2.41 bits per heavy atom. The summed E-state index contributed by atoms with van der Waals surface area (Å²) in [4.78, 5) is 12.9. The maximum Gasteiger partial charge on any atom is 0.161 e. The van der Waals surface area contributed by atoms with Crippen molar-refractivity contribution in [2.75, 3.05) is 24.6 Å². The molecule has 17 heavy (non-hydrogen) atoms. The highest BCUT2D eigenvalue weighted by Gasteiger charge is 2.22. The number of benzene rings is 1. The minimum absolute atomic E-state index is 0.456. The van der Waals surface area contributed by atoms with Crippen LogP contribution < -0.4 is 4.90 Å². The quantitative estimate of drug-likeness (QED) is 0.752. The smallest absolute Gasteiger partial charge is 0.161 e. The van der Waals surface area contributed by atoms with Gasteiger partial charge in [0.2, 0.25) is 0 Å². The van der Waals surface area contributed by atoms with Gasteiger partial charge in [0.05, 0.1) is 19.2 Å². The second-order valence-electron chi connectivity index (χ2n) is 3.76. The van der Waals surface area contributed by atoms with Gasteiger partial charge >= 0.3 is 0 Å². The van der Waals surface area contributed by atoms with Crippen LogP contribution in [0.5, 0.6) is 0 Å². The second-order valence-corrected chi connectivity index (χ2v) is 4.19.